The van der Waals surface area contributed by atoms with Gasteiger partial charge in [0, 0.05) is 21.9 Å². The Balaban J connectivity index is 1.95. The predicted octanol–water partition coefficient (Wildman–Crippen LogP) is 5.69. The Morgan fingerprint density at radius 3 is 2.63 bits per heavy atom. The number of nitrogens with zero attached hydrogens (tertiary/aromatic N) is 1. The van der Waals surface area contributed by atoms with E-state index >= 15 is 0 Å². The number of benzene rings is 3. The summed E-state index contributed by atoms with van der Waals surface area (Å²) in [6, 6.07) is 18.6. The van der Waals surface area contributed by atoms with E-state index in [0.717, 1.165) is 16.5 Å². The minimum atomic E-state index is -1.77. The van der Waals surface area contributed by atoms with Crippen LogP contribution in [0, 0.1) is 24.0 Å². The van der Waals surface area contributed by atoms with Gasteiger partial charge in [-0.25, -0.2) is 4.39 Å². The van der Waals surface area contributed by atoms with Crippen LogP contribution in [0.3, 0.4) is 0 Å². The fourth-order valence-corrected chi connectivity index (χ4v) is 3.21. The zero-order valence-corrected chi connectivity index (χ0v) is 15.0. The molecule has 0 aliphatic heterocycles. The fraction of sp³-hybridized carbons (Fsp3) is 0.130. The Bertz CT molecular complexity index is 1200. The number of aryl methyl sites for hydroxylation is 1. The maximum absolute atomic E-state index is 14.6. The molecule has 1 aromatic heterocycles. The molecule has 4 aromatic rings. The third kappa shape index (κ3) is 3.19. The van der Waals surface area contributed by atoms with Crippen LogP contribution in [0.1, 0.15) is 28.5 Å². The Morgan fingerprint density at radius 1 is 1.04 bits per heavy atom. The van der Waals surface area contributed by atoms with Gasteiger partial charge in [-0.1, -0.05) is 48.2 Å². The van der Waals surface area contributed by atoms with Gasteiger partial charge >= 0.3 is 0 Å². The van der Waals surface area contributed by atoms with E-state index in [0.29, 0.717) is 27.2 Å². The van der Waals surface area contributed by atoms with Crippen molar-refractivity contribution in [3.05, 3.63) is 88.1 Å². The number of alkyl halides is 1. The molecule has 0 N–H and O–H groups in total. The SMILES string of the molecule is Cc1cccc(C#Cc2ccc(C(F)N(C)[O-])c3c2oc2ccccc23)c1. The van der Waals surface area contributed by atoms with E-state index in [1.165, 1.54) is 7.05 Å². The summed E-state index contributed by atoms with van der Waals surface area (Å²) in [6.07, 6.45) is -1.77. The van der Waals surface area contributed by atoms with Crippen molar-refractivity contribution in [1.82, 2.24) is 5.06 Å². The molecule has 0 saturated carbocycles. The molecule has 0 aliphatic carbocycles. The van der Waals surface area contributed by atoms with Crippen molar-refractivity contribution in [2.24, 2.45) is 0 Å². The van der Waals surface area contributed by atoms with E-state index in [4.69, 9.17) is 4.42 Å². The highest BCUT2D eigenvalue weighted by Crippen LogP contribution is 2.37. The normalized spacial score (nSPS) is 12.3. The minimum absolute atomic E-state index is 0.286. The van der Waals surface area contributed by atoms with Gasteiger partial charge in [0.1, 0.15) is 5.58 Å². The third-order valence-electron chi connectivity index (χ3n) is 4.49. The van der Waals surface area contributed by atoms with Crippen LogP contribution in [0.2, 0.25) is 0 Å². The van der Waals surface area contributed by atoms with Gasteiger partial charge in [-0.05, 0) is 43.8 Å². The van der Waals surface area contributed by atoms with Gasteiger partial charge in [0.15, 0.2) is 11.9 Å². The lowest BCUT2D eigenvalue weighted by Gasteiger charge is -2.27. The third-order valence-corrected chi connectivity index (χ3v) is 4.49. The van der Waals surface area contributed by atoms with Crippen molar-refractivity contribution in [1.29, 1.82) is 0 Å². The Kier molecular flexibility index (Phi) is 4.41. The van der Waals surface area contributed by atoms with Crippen molar-refractivity contribution >= 4 is 21.9 Å². The van der Waals surface area contributed by atoms with E-state index in [1.54, 1.807) is 12.1 Å². The summed E-state index contributed by atoms with van der Waals surface area (Å²) in [5.74, 6) is 6.26. The molecule has 3 nitrogen and oxygen atoms in total. The van der Waals surface area contributed by atoms with E-state index in [-0.39, 0.29) is 5.56 Å². The van der Waals surface area contributed by atoms with Crippen LogP contribution in [0.4, 0.5) is 4.39 Å². The van der Waals surface area contributed by atoms with Crippen LogP contribution in [0.5, 0.6) is 0 Å². The Morgan fingerprint density at radius 2 is 1.85 bits per heavy atom. The molecule has 3 aromatic carbocycles. The first kappa shape index (κ1) is 17.3. The fourth-order valence-electron chi connectivity index (χ4n) is 3.21. The van der Waals surface area contributed by atoms with Crippen LogP contribution in [-0.2, 0) is 0 Å². The molecule has 1 atom stereocenters. The molecule has 27 heavy (non-hydrogen) atoms. The van der Waals surface area contributed by atoms with E-state index in [9.17, 15) is 9.60 Å². The number of hydroxylamine groups is 2. The summed E-state index contributed by atoms with van der Waals surface area (Å²) in [6.45, 7) is 2.01. The smallest absolute Gasteiger partial charge is 0.168 e. The summed E-state index contributed by atoms with van der Waals surface area (Å²) >= 11 is 0. The second-order valence-corrected chi connectivity index (χ2v) is 6.51. The van der Waals surface area contributed by atoms with Gasteiger partial charge in [0.05, 0.1) is 5.56 Å². The maximum Gasteiger partial charge on any atom is 0.168 e. The molecule has 134 valence electrons. The molecule has 0 radical (unpaired) electrons. The Labute approximate surface area is 156 Å². The zero-order valence-electron chi connectivity index (χ0n) is 15.0. The number of hydrogen-bond donors (Lipinski definition) is 0. The second-order valence-electron chi connectivity index (χ2n) is 6.51. The lowest BCUT2D eigenvalue weighted by atomic mass is 10.0. The zero-order chi connectivity index (χ0) is 19.0. The number of fused-ring (bicyclic) bond motifs is 3. The molecule has 0 bridgehead atoms. The largest absolute Gasteiger partial charge is 0.783 e. The summed E-state index contributed by atoms with van der Waals surface area (Å²) < 4.78 is 20.5. The van der Waals surface area contributed by atoms with E-state index in [2.05, 4.69) is 11.8 Å². The Hall–Kier alpha value is -3.13. The topological polar surface area (TPSA) is 39.4 Å². The standard InChI is InChI=1S/C23H17FNO2/c1-15-6-5-7-16(14-15)10-11-17-12-13-19(23(24)25(2)26)21-18-8-3-4-9-20(18)27-22(17)21/h3-9,12-14,23H,1-2H3/q-1. The lowest BCUT2D eigenvalue weighted by molar-refractivity contribution is 0.163. The summed E-state index contributed by atoms with van der Waals surface area (Å²) in [5, 5.41) is 13.2. The number of halogens is 1. The molecular formula is C23H17FNO2-. The minimum Gasteiger partial charge on any atom is -0.783 e. The van der Waals surface area contributed by atoms with Gasteiger partial charge in [0.25, 0.3) is 0 Å². The second kappa shape index (κ2) is 6.88. The molecule has 0 fully saturated rings. The van der Waals surface area contributed by atoms with Gasteiger partial charge in [-0.3, -0.25) is 0 Å². The van der Waals surface area contributed by atoms with E-state index < -0.39 is 6.30 Å². The molecule has 0 saturated heterocycles. The average molecular weight is 358 g/mol. The van der Waals surface area contributed by atoms with Crippen molar-refractivity contribution < 1.29 is 8.81 Å². The highest BCUT2D eigenvalue weighted by Gasteiger charge is 2.19. The van der Waals surface area contributed by atoms with Crippen LogP contribution >= 0.6 is 0 Å². The monoisotopic (exact) mass is 358 g/mol. The van der Waals surface area contributed by atoms with Crippen LogP contribution < -0.4 is 0 Å². The van der Waals surface area contributed by atoms with Gasteiger partial charge in [-0.2, -0.15) is 0 Å². The first-order valence-electron chi connectivity index (χ1n) is 8.61. The molecule has 0 amide bonds. The van der Waals surface area contributed by atoms with Crippen LogP contribution in [0.15, 0.2) is 65.1 Å². The lowest BCUT2D eigenvalue weighted by Crippen LogP contribution is -2.13. The highest BCUT2D eigenvalue weighted by atomic mass is 19.1. The molecule has 1 heterocycles. The predicted molar refractivity (Wildman–Crippen MR) is 106 cm³/mol. The number of para-hydroxylation sites is 1. The average Bonchev–Trinajstić information content (AvgIpc) is 3.05. The molecule has 0 spiro atoms. The first-order valence-corrected chi connectivity index (χ1v) is 8.61. The van der Waals surface area contributed by atoms with Crippen molar-refractivity contribution in [2.45, 2.75) is 13.2 Å². The number of hydrogen-bond acceptors (Lipinski definition) is 3. The van der Waals surface area contributed by atoms with Crippen molar-refractivity contribution in [2.75, 3.05) is 7.05 Å². The molecule has 4 heteroatoms. The van der Waals surface area contributed by atoms with Gasteiger partial charge in [0.2, 0.25) is 0 Å². The number of rotatable bonds is 2. The quantitative estimate of drug-likeness (QED) is 0.262. The van der Waals surface area contributed by atoms with Gasteiger partial charge < -0.3 is 14.7 Å². The molecule has 0 aliphatic rings. The van der Waals surface area contributed by atoms with Crippen molar-refractivity contribution in [3.8, 4) is 11.8 Å². The summed E-state index contributed by atoms with van der Waals surface area (Å²) in [5.41, 5.74) is 4.11. The van der Waals surface area contributed by atoms with E-state index in [1.807, 2.05) is 55.5 Å². The molecular weight excluding hydrogens is 341 g/mol. The van der Waals surface area contributed by atoms with Crippen LogP contribution in [0.25, 0.3) is 21.9 Å². The highest BCUT2D eigenvalue weighted by molar-refractivity contribution is 6.08. The summed E-state index contributed by atoms with van der Waals surface area (Å²) in [7, 11) is 1.17. The van der Waals surface area contributed by atoms with Gasteiger partial charge in [-0.15, -0.1) is 0 Å². The molecule has 4 rings (SSSR count). The van der Waals surface area contributed by atoms with Crippen molar-refractivity contribution in [3.63, 3.8) is 0 Å². The van der Waals surface area contributed by atoms with Crippen LogP contribution in [-0.4, -0.2) is 12.1 Å². The first-order chi connectivity index (χ1) is 13.0. The maximum atomic E-state index is 14.6. The number of furan rings is 1. The summed E-state index contributed by atoms with van der Waals surface area (Å²) in [4.78, 5) is 0. The molecule has 1 unspecified atom stereocenters.